The number of carbonyl (C=O) groups excluding carboxylic acids is 2. The maximum Gasteiger partial charge on any atom is 0.416 e. The molecule has 26 heavy (non-hydrogen) atoms. The molecule has 0 fully saturated rings. The van der Waals surface area contributed by atoms with Gasteiger partial charge in [0.15, 0.2) is 0 Å². The van der Waals surface area contributed by atoms with Crippen LogP contribution in [-0.4, -0.2) is 18.4 Å². The highest BCUT2D eigenvalue weighted by molar-refractivity contribution is 5.94. The van der Waals surface area contributed by atoms with Crippen molar-refractivity contribution in [3.63, 3.8) is 0 Å². The van der Waals surface area contributed by atoms with Crippen LogP contribution in [0.15, 0.2) is 24.3 Å². The fourth-order valence-corrected chi connectivity index (χ4v) is 2.46. The average Bonchev–Trinajstić information content (AvgIpc) is 2.59. The van der Waals surface area contributed by atoms with Gasteiger partial charge in [0.25, 0.3) is 0 Å². The molecule has 1 aromatic rings. The van der Waals surface area contributed by atoms with Gasteiger partial charge in [-0.2, -0.15) is 13.2 Å². The number of halogens is 3. The lowest BCUT2D eigenvalue weighted by atomic mass is 10.1. The highest BCUT2D eigenvalue weighted by Gasteiger charge is 2.29. The molecule has 0 saturated carbocycles. The fourth-order valence-electron chi connectivity index (χ4n) is 2.46. The number of anilines is 1. The molecule has 0 aliphatic rings. The van der Waals surface area contributed by atoms with Crippen LogP contribution in [0.2, 0.25) is 0 Å². The molecule has 0 saturated heterocycles. The van der Waals surface area contributed by atoms with E-state index in [2.05, 4.69) is 17.6 Å². The number of hydrogen-bond acceptors (Lipinski definition) is 2. The van der Waals surface area contributed by atoms with Gasteiger partial charge in [-0.15, -0.1) is 0 Å². The maximum absolute atomic E-state index is 12.5. The van der Waals surface area contributed by atoms with Crippen molar-refractivity contribution in [2.75, 3.05) is 11.9 Å². The van der Waals surface area contributed by atoms with E-state index in [9.17, 15) is 22.8 Å². The van der Waals surface area contributed by atoms with Gasteiger partial charge in [-0.1, -0.05) is 45.4 Å². The molecule has 0 bridgehead atoms. The minimum absolute atomic E-state index is 0.193. The minimum atomic E-state index is -4.41. The van der Waals surface area contributed by atoms with E-state index in [-0.39, 0.29) is 18.1 Å². The van der Waals surface area contributed by atoms with Crippen LogP contribution in [0.1, 0.15) is 63.9 Å². The van der Waals surface area contributed by atoms with Gasteiger partial charge in [0.05, 0.1) is 12.1 Å². The summed E-state index contributed by atoms with van der Waals surface area (Å²) in [6, 6.07) is 4.16. The van der Waals surface area contributed by atoms with Gasteiger partial charge in [-0.25, -0.2) is 0 Å². The summed E-state index contributed by atoms with van der Waals surface area (Å²) in [6.45, 7) is 1.97. The van der Waals surface area contributed by atoms with Crippen molar-refractivity contribution >= 4 is 17.5 Å². The predicted octanol–water partition coefficient (Wildman–Crippen LogP) is 4.90. The SMILES string of the molecule is CCCCCCCCCC(=O)NCC(=O)Nc1ccc(C(F)(F)F)cc1. The van der Waals surface area contributed by atoms with Gasteiger partial charge in [0, 0.05) is 12.1 Å². The Morgan fingerprint density at radius 3 is 2.04 bits per heavy atom. The van der Waals surface area contributed by atoms with Gasteiger partial charge in [-0.05, 0) is 30.7 Å². The molecule has 0 aromatic heterocycles. The normalized spacial score (nSPS) is 11.2. The van der Waals surface area contributed by atoms with E-state index in [1.807, 2.05) is 0 Å². The van der Waals surface area contributed by atoms with E-state index >= 15 is 0 Å². The number of hydrogen-bond donors (Lipinski definition) is 2. The topological polar surface area (TPSA) is 58.2 Å². The third-order valence-electron chi connectivity index (χ3n) is 3.95. The van der Waals surface area contributed by atoms with Crippen molar-refractivity contribution in [1.82, 2.24) is 5.32 Å². The van der Waals surface area contributed by atoms with Gasteiger partial charge in [0.1, 0.15) is 0 Å². The van der Waals surface area contributed by atoms with Crippen LogP contribution in [-0.2, 0) is 15.8 Å². The number of amides is 2. The third-order valence-corrected chi connectivity index (χ3v) is 3.95. The Bertz CT molecular complexity index is 557. The highest BCUT2D eigenvalue weighted by Crippen LogP contribution is 2.29. The van der Waals surface area contributed by atoms with Crippen LogP contribution in [0, 0.1) is 0 Å². The van der Waals surface area contributed by atoms with Gasteiger partial charge >= 0.3 is 6.18 Å². The molecule has 4 nitrogen and oxygen atoms in total. The Morgan fingerprint density at radius 1 is 0.885 bits per heavy atom. The van der Waals surface area contributed by atoms with Crippen LogP contribution >= 0.6 is 0 Å². The smallest absolute Gasteiger partial charge is 0.347 e. The summed E-state index contributed by atoms with van der Waals surface area (Å²) in [5.74, 6) is -0.668. The van der Waals surface area contributed by atoms with Crippen molar-refractivity contribution in [2.45, 2.75) is 64.5 Å². The van der Waals surface area contributed by atoms with Crippen LogP contribution in [0.4, 0.5) is 18.9 Å². The Labute approximate surface area is 152 Å². The van der Waals surface area contributed by atoms with Gasteiger partial charge in [-0.3, -0.25) is 9.59 Å². The van der Waals surface area contributed by atoms with E-state index in [4.69, 9.17) is 0 Å². The van der Waals surface area contributed by atoms with Crippen LogP contribution in [0.25, 0.3) is 0 Å². The van der Waals surface area contributed by atoms with E-state index < -0.39 is 17.6 Å². The van der Waals surface area contributed by atoms with E-state index in [0.29, 0.717) is 6.42 Å². The zero-order valence-electron chi connectivity index (χ0n) is 15.1. The molecule has 1 aromatic carbocycles. The Morgan fingerprint density at radius 2 is 1.46 bits per heavy atom. The molecule has 1 rings (SSSR count). The lowest BCUT2D eigenvalue weighted by molar-refractivity contribution is -0.137. The molecule has 0 atom stereocenters. The maximum atomic E-state index is 12.5. The zero-order valence-corrected chi connectivity index (χ0v) is 15.1. The number of benzene rings is 1. The number of carbonyl (C=O) groups is 2. The molecule has 0 aliphatic carbocycles. The lowest BCUT2D eigenvalue weighted by Crippen LogP contribution is -2.32. The summed E-state index contributed by atoms with van der Waals surface area (Å²) < 4.78 is 37.4. The van der Waals surface area contributed by atoms with E-state index in [1.54, 1.807) is 0 Å². The highest BCUT2D eigenvalue weighted by atomic mass is 19.4. The largest absolute Gasteiger partial charge is 0.416 e. The summed E-state index contributed by atoms with van der Waals surface area (Å²) in [5, 5.41) is 4.97. The van der Waals surface area contributed by atoms with Crippen LogP contribution in [0.3, 0.4) is 0 Å². The van der Waals surface area contributed by atoms with Crippen molar-refractivity contribution in [2.24, 2.45) is 0 Å². The quantitative estimate of drug-likeness (QED) is 0.543. The summed E-state index contributed by atoms with van der Waals surface area (Å²) in [4.78, 5) is 23.4. The summed E-state index contributed by atoms with van der Waals surface area (Å²) in [7, 11) is 0. The van der Waals surface area contributed by atoms with E-state index in [0.717, 1.165) is 31.4 Å². The van der Waals surface area contributed by atoms with Crippen LogP contribution < -0.4 is 10.6 Å². The minimum Gasteiger partial charge on any atom is -0.347 e. The molecule has 0 heterocycles. The monoisotopic (exact) mass is 372 g/mol. The first-order chi connectivity index (χ1) is 12.3. The molecule has 7 heteroatoms. The van der Waals surface area contributed by atoms with E-state index in [1.165, 1.54) is 37.8 Å². The number of rotatable bonds is 11. The summed E-state index contributed by atoms with van der Waals surface area (Å²) in [5.41, 5.74) is -0.525. The zero-order chi connectivity index (χ0) is 19.4. The predicted molar refractivity (Wildman–Crippen MR) is 95.7 cm³/mol. The molecular formula is C19H27F3N2O2. The Hall–Kier alpha value is -2.05. The molecule has 2 amide bonds. The van der Waals surface area contributed by atoms with Crippen molar-refractivity contribution in [1.29, 1.82) is 0 Å². The summed E-state index contributed by atoms with van der Waals surface area (Å²) in [6.07, 6.45) is 3.73. The number of nitrogens with one attached hydrogen (secondary N) is 2. The number of unbranched alkanes of at least 4 members (excludes halogenated alkanes) is 6. The molecule has 0 spiro atoms. The average molecular weight is 372 g/mol. The van der Waals surface area contributed by atoms with Crippen molar-refractivity contribution < 1.29 is 22.8 Å². The first kappa shape index (κ1) is 22.0. The first-order valence-corrected chi connectivity index (χ1v) is 9.06. The third kappa shape index (κ3) is 9.44. The summed E-state index contributed by atoms with van der Waals surface area (Å²) >= 11 is 0. The van der Waals surface area contributed by atoms with Gasteiger partial charge in [0.2, 0.25) is 11.8 Å². The lowest BCUT2D eigenvalue weighted by Gasteiger charge is -2.09. The van der Waals surface area contributed by atoms with Crippen molar-refractivity contribution in [3.05, 3.63) is 29.8 Å². The van der Waals surface area contributed by atoms with Gasteiger partial charge < -0.3 is 10.6 Å². The molecular weight excluding hydrogens is 345 g/mol. The Balaban J connectivity index is 2.18. The second kappa shape index (κ2) is 11.5. The van der Waals surface area contributed by atoms with Crippen molar-refractivity contribution in [3.8, 4) is 0 Å². The second-order valence-electron chi connectivity index (χ2n) is 6.27. The fraction of sp³-hybridized carbons (Fsp3) is 0.579. The second-order valence-corrected chi connectivity index (χ2v) is 6.27. The molecule has 0 radical (unpaired) electrons. The first-order valence-electron chi connectivity index (χ1n) is 9.06. The molecule has 2 N–H and O–H groups in total. The van der Waals surface area contributed by atoms with Crippen LogP contribution in [0.5, 0.6) is 0 Å². The standard InChI is InChI=1S/C19H27F3N2O2/c1-2-3-4-5-6-7-8-9-17(25)23-14-18(26)24-16-12-10-15(11-13-16)19(20,21)22/h10-13H,2-9,14H2,1H3,(H,23,25)(H,24,26). The molecule has 0 aliphatic heterocycles. The molecule has 146 valence electrons. The molecule has 0 unspecified atom stereocenters. The number of alkyl halides is 3. The Kier molecular flexibility index (Phi) is 9.76.